The van der Waals surface area contributed by atoms with Gasteiger partial charge in [0.1, 0.15) is 17.3 Å². The van der Waals surface area contributed by atoms with E-state index in [2.05, 4.69) is 57.6 Å². The number of sulfonamides is 2. The molecule has 4 heterocycles. The summed E-state index contributed by atoms with van der Waals surface area (Å²) in [5.41, 5.74) is 0.977. The summed E-state index contributed by atoms with van der Waals surface area (Å²) in [6, 6.07) is 42.8. The minimum Gasteiger partial charge on any atom is -0.497 e. The van der Waals surface area contributed by atoms with Gasteiger partial charge in [0.25, 0.3) is 0 Å². The van der Waals surface area contributed by atoms with Crippen LogP contribution in [0.15, 0.2) is 174 Å². The van der Waals surface area contributed by atoms with Crippen LogP contribution in [-0.4, -0.2) is 143 Å². The highest BCUT2D eigenvalue weighted by molar-refractivity contribution is 7.90. The first-order valence-electron chi connectivity index (χ1n) is 35.8. The number of rotatable bonds is 29. The normalized spacial score (nSPS) is 17.4. The molecular formula is C81H96N8O13S2. The molecule has 2 fully saturated rings. The molecule has 0 saturated carbocycles. The number of carbonyl (C=O) groups is 4. The number of fused-ring (bicyclic) bond motifs is 6. The summed E-state index contributed by atoms with van der Waals surface area (Å²) in [5, 5.41) is 8.99. The second-order valence-corrected chi connectivity index (χ2v) is 32.9. The molecule has 4 aliphatic heterocycles. The number of amides is 4. The van der Waals surface area contributed by atoms with Crippen LogP contribution in [0.25, 0.3) is 21.5 Å². The molecule has 2 saturated heterocycles. The molecule has 4 aliphatic rings. The molecule has 0 aliphatic carbocycles. The van der Waals surface area contributed by atoms with Crippen LogP contribution in [0.5, 0.6) is 28.7 Å². The van der Waals surface area contributed by atoms with E-state index >= 15 is 36.0 Å². The van der Waals surface area contributed by atoms with Crippen molar-refractivity contribution in [2.24, 2.45) is 0 Å². The second-order valence-electron chi connectivity index (χ2n) is 29.5. The number of nitrogens with zero attached hydrogens (tertiary/aromatic N) is 4. The van der Waals surface area contributed by atoms with Crippen molar-refractivity contribution in [2.45, 2.75) is 183 Å². The number of hydrogen-bond donors (Lipinski definition) is 4. The van der Waals surface area contributed by atoms with Gasteiger partial charge in [-0.1, -0.05) is 110 Å². The van der Waals surface area contributed by atoms with Crippen molar-refractivity contribution in [3.63, 3.8) is 0 Å². The zero-order chi connectivity index (χ0) is 74.0. The Morgan fingerprint density at radius 2 is 1.14 bits per heavy atom. The van der Waals surface area contributed by atoms with Crippen molar-refractivity contribution in [1.29, 1.82) is 0 Å². The van der Waals surface area contributed by atoms with Crippen LogP contribution in [0.2, 0.25) is 0 Å². The predicted octanol–water partition coefficient (Wildman–Crippen LogP) is 11.8. The minimum atomic E-state index is -4.53. The van der Waals surface area contributed by atoms with Crippen LogP contribution in [0.4, 0.5) is 0 Å². The van der Waals surface area contributed by atoms with Crippen molar-refractivity contribution in [2.75, 3.05) is 41.3 Å². The first kappa shape index (κ1) is 74.6. The van der Waals surface area contributed by atoms with Gasteiger partial charge in [0.2, 0.25) is 57.3 Å². The van der Waals surface area contributed by atoms with E-state index < -0.39 is 98.2 Å². The Morgan fingerprint density at radius 1 is 0.577 bits per heavy atom. The lowest BCUT2D eigenvalue weighted by Crippen LogP contribution is -2.69. The zero-order valence-corrected chi connectivity index (χ0v) is 62.7. The van der Waals surface area contributed by atoms with E-state index in [0.29, 0.717) is 98.9 Å². The number of benzene rings is 8. The second kappa shape index (κ2) is 30.9. The smallest absolute Gasteiger partial charge is 0.249 e. The lowest BCUT2D eigenvalue weighted by molar-refractivity contribution is -0.147. The van der Waals surface area contributed by atoms with Crippen molar-refractivity contribution < 1.29 is 59.7 Å². The Bertz CT molecular complexity index is 4720. The fourth-order valence-electron chi connectivity index (χ4n) is 15.1. The van der Waals surface area contributed by atoms with Crippen molar-refractivity contribution in [3.05, 3.63) is 197 Å². The minimum absolute atomic E-state index is 0.0613. The molecule has 4 amide bonds. The summed E-state index contributed by atoms with van der Waals surface area (Å²) < 4.78 is 94.9. The molecule has 0 aromatic heterocycles. The summed E-state index contributed by atoms with van der Waals surface area (Å²) in [5.74, 6) is -2.41. The quantitative estimate of drug-likeness (QED) is 0.0341. The molecule has 0 radical (unpaired) electrons. The highest BCUT2D eigenvalue weighted by Gasteiger charge is 2.55. The van der Waals surface area contributed by atoms with Gasteiger partial charge >= 0.3 is 0 Å². The maximum absolute atomic E-state index is 17.2. The van der Waals surface area contributed by atoms with Gasteiger partial charge in [-0.05, 0) is 191 Å². The monoisotopic (exact) mass is 1450 g/mol. The molecule has 550 valence electrons. The number of ether oxygens (including phenoxy) is 5. The van der Waals surface area contributed by atoms with E-state index in [0.717, 1.165) is 42.2 Å². The van der Waals surface area contributed by atoms with Gasteiger partial charge in [-0.2, -0.15) is 0 Å². The number of nitrogens with one attached hydrogen (secondary N) is 4. The van der Waals surface area contributed by atoms with Gasteiger partial charge in [-0.15, -0.1) is 0 Å². The van der Waals surface area contributed by atoms with E-state index in [-0.39, 0.29) is 35.3 Å². The molecule has 5 atom stereocenters. The average Bonchev–Trinajstić information content (AvgIpc) is 0.803. The molecule has 23 heteroatoms. The fourth-order valence-corrected chi connectivity index (χ4v) is 17.9. The fraction of sp³-hybridized carbons (Fsp3) is 0.407. The highest BCUT2D eigenvalue weighted by atomic mass is 32.2. The predicted molar refractivity (Wildman–Crippen MR) is 400 cm³/mol. The Morgan fingerprint density at radius 3 is 1.75 bits per heavy atom. The Labute approximate surface area is 611 Å². The first-order valence-corrected chi connectivity index (χ1v) is 38.8. The maximum Gasteiger partial charge on any atom is 0.249 e. The first-order chi connectivity index (χ1) is 49.6. The zero-order valence-electron chi connectivity index (χ0n) is 61.1. The molecule has 1 unspecified atom stereocenters. The standard InChI is InChI=1S/C81H96N8O13S2/c1-12-88(80(6,7)8)47-55-18-15-17-54(39-55)46-81(79(93)87(10)52(4)5,83-75(91)45-68(61-29-38-70-72(43-61)102-50-100-70)84-103(94,95)65-35-27-56-19-13-14-20-58(56)41-65)76(57-25-23-53(24-26-57)48-89-62-30-31-63(89)33-32-62)77(78(92)86(9)51(2)3)82-74(90)44-67(60-28-37-69-71(42-60)101-49-99-69)85-104(96,97)73-22-16-21-59-40-64(98-11)34-36-66(59)73/h13-29,34-43,51-52,62-63,67-68,76-77,84-85H,12,30-33,44-50H2,1-11H3,(H,82,90)(H,83,91)/t62?,63?,67-,68-,76?,77-,81-/m1/s1. The number of hydrogen-bond acceptors (Lipinski definition) is 15. The van der Waals surface area contributed by atoms with Crippen LogP contribution >= 0.6 is 0 Å². The molecule has 8 aromatic carbocycles. The van der Waals surface area contributed by atoms with Crippen LogP contribution in [0, 0.1) is 0 Å². The Hall–Kier alpha value is -9.10. The largest absolute Gasteiger partial charge is 0.497 e. The third-order valence-corrected chi connectivity index (χ3v) is 24.2. The van der Waals surface area contributed by atoms with Crippen LogP contribution in [0.1, 0.15) is 145 Å². The SMILES string of the molecule is CCN(Cc1cccc(C[C@](NC(=O)C[C@@H](NS(=O)(=O)c2ccc3ccccc3c2)c2ccc3c(c2)OCO3)(C(=O)N(C)C(C)C)C(c2ccc(CN3C4CCC3CC4)cc2)[C@@H](NC(=O)C[C@@H](NS(=O)(=O)c2cccc3cc(OC)ccc23)c2ccc3c(c2)OCO3)C(=O)N(C)C(C)C)c1)C(C)(C)C. The van der Waals surface area contributed by atoms with E-state index in [1.54, 1.807) is 93.0 Å². The van der Waals surface area contributed by atoms with Crippen LogP contribution in [-0.2, 0) is 58.7 Å². The maximum atomic E-state index is 17.2. The molecule has 0 spiro atoms. The average molecular weight is 1450 g/mol. The molecule has 2 bridgehead atoms. The number of likely N-dealkylation sites (N-methyl/N-ethyl adjacent to an activating group) is 2. The van der Waals surface area contributed by atoms with Crippen molar-refractivity contribution in [3.8, 4) is 28.7 Å². The lowest BCUT2D eigenvalue weighted by Gasteiger charge is -2.47. The molecule has 21 nitrogen and oxygen atoms in total. The molecule has 8 aromatic rings. The molecular weight excluding hydrogens is 1360 g/mol. The Kier molecular flexibility index (Phi) is 22.2. The highest BCUT2D eigenvalue weighted by Crippen LogP contribution is 2.44. The summed E-state index contributed by atoms with van der Waals surface area (Å²) in [6.07, 6.45) is 2.91. The van der Waals surface area contributed by atoms with Gasteiger partial charge in [-0.25, -0.2) is 26.3 Å². The van der Waals surface area contributed by atoms with Crippen molar-refractivity contribution >= 4 is 65.2 Å². The summed E-state index contributed by atoms with van der Waals surface area (Å²) in [4.78, 5) is 74.1. The number of carbonyl (C=O) groups excluding carboxylic acids is 4. The van der Waals surface area contributed by atoms with Crippen LogP contribution in [0.3, 0.4) is 0 Å². The summed E-state index contributed by atoms with van der Waals surface area (Å²) >= 11 is 0. The van der Waals surface area contributed by atoms with Gasteiger partial charge < -0.3 is 44.1 Å². The van der Waals surface area contributed by atoms with Gasteiger partial charge in [0.05, 0.1) is 29.0 Å². The van der Waals surface area contributed by atoms with E-state index in [9.17, 15) is 0 Å². The third-order valence-electron chi connectivity index (χ3n) is 21.2. The van der Waals surface area contributed by atoms with E-state index in [1.807, 2.05) is 100 Å². The lowest BCUT2D eigenvalue weighted by atomic mass is 9.69. The van der Waals surface area contributed by atoms with Gasteiger partial charge in [0.15, 0.2) is 23.0 Å². The molecule has 4 N–H and O–H groups in total. The molecule has 104 heavy (non-hydrogen) atoms. The van der Waals surface area contributed by atoms with Crippen molar-refractivity contribution in [1.82, 2.24) is 39.7 Å². The molecule has 12 rings (SSSR count). The Balaban J connectivity index is 1.04. The van der Waals surface area contributed by atoms with Crippen LogP contribution < -0.4 is 43.8 Å². The topological polar surface area (TPSA) is 244 Å². The number of methoxy groups -OCH3 is 1. The van der Waals surface area contributed by atoms with Gasteiger partial charge in [-0.3, -0.25) is 29.0 Å². The summed E-state index contributed by atoms with van der Waals surface area (Å²) in [6.45, 7) is 17.5. The van der Waals surface area contributed by atoms with E-state index in [1.165, 1.54) is 29.0 Å². The summed E-state index contributed by atoms with van der Waals surface area (Å²) in [7, 11) is -4.23. The van der Waals surface area contributed by atoms with E-state index in [4.69, 9.17) is 23.7 Å². The third kappa shape index (κ3) is 16.2. The van der Waals surface area contributed by atoms with Gasteiger partial charge in [0, 0.05) is 87.5 Å².